The van der Waals surface area contributed by atoms with Crippen LogP contribution >= 0.6 is 23.4 Å². The molecule has 136 valence electrons. The molecule has 0 radical (unpaired) electrons. The van der Waals surface area contributed by atoms with Crippen molar-refractivity contribution in [3.8, 4) is 11.8 Å². The number of pyridine rings is 1. The highest BCUT2D eigenvalue weighted by molar-refractivity contribution is 8.00. The summed E-state index contributed by atoms with van der Waals surface area (Å²) in [6.07, 6.45) is 0. The van der Waals surface area contributed by atoms with Gasteiger partial charge in [-0.2, -0.15) is 5.26 Å². The highest BCUT2D eigenvalue weighted by atomic mass is 35.5. The highest BCUT2D eigenvalue weighted by Crippen LogP contribution is 2.29. The smallest absolute Gasteiger partial charge is 0.234 e. The number of ether oxygens (including phenoxy) is 1. The van der Waals surface area contributed by atoms with Crippen LogP contribution in [0.1, 0.15) is 11.1 Å². The Balaban J connectivity index is 1.77. The fourth-order valence-electron chi connectivity index (χ4n) is 2.55. The predicted molar refractivity (Wildman–Crippen MR) is 109 cm³/mol. The molecule has 0 spiro atoms. The van der Waals surface area contributed by atoms with Crippen molar-refractivity contribution in [1.82, 2.24) is 4.98 Å². The van der Waals surface area contributed by atoms with E-state index in [0.29, 0.717) is 27.0 Å². The van der Waals surface area contributed by atoms with Gasteiger partial charge < -0.3 is 10.1 Å². The van der Waals surface area contributed by atoms with E-state index in [0.717, 1.165) is 16.5 Å². The van der Waals surface area contributed by atoms with Crippen molar-refractivity contribution in [1.29, 1.82) is 5.26 Å². The molecule has 1 aromatic heterocycles. The second kappa shape index (κ2) is 8.30. The lowest BCUT2D eigenvalue weighted by molar-refractivity contribution is -0.113. The molecule has 5 nitrogen and oxygen atoms in total. The van der Waals surface area contributed by atoms with Gasteiger partial charge in [0.2, 0.25) is 5.91 Å². The van der Waals surface area contributed by atoms with E-state index in [-0.39, 0.29) is 11.7 Å². The van der Waals surface area contributed by atoms with E-state index in [4.69, 9.17) is 16.3 Å². The molecule has 1 heterocycles. The van der Waals surface area contributed by atoms with Crippen LogP contribution in [0.2, 0.25) is 5.02 Å². The van der Waals surface area contributed by atoms with Crippen molar-refractivity contribution >= 4 is 45.9 Å². The molecule has 3 aromatic rings. The number of hydrogen-bond donors (Lipinski definition) is 1. The predicted octanol–water partition coefficient (Wildman–Crippen LogP) is 4.81. The zero-order valence-electron chi connectivity index (χ0n) is 14.7. The molecule has 2 aromatic carbocycles. The van der Waals surface area contributed by atoms with Crippen LogP contribution in [-0.4, -0.2) is 23.8 Å². The summed E-state index contributed by atoms with van der Waals surface area (Å²) in [5.41, 5.74) is 2.83. The van der Waals surface area contributed by atoms with Gasteiger partial charge in [-0.3, -0.25) is 4.79 Å². The molecule has 0 aliphatic rings. The number of nitriles is 1. The van der Waals surface area contributed by atoms with Crippen LogP contribution in [0.4, 0.5) is 5.69 Å². The zero-order chi connectivity index (χ0) is 19.4. The first-order chi connectivity index (χ1) is 13.0. The minimum Gasteiger partial charge on any atom is -0.495 e. The number of rotatable bonds is 5. The lowest BCUT2D eigenvalue weighted by Gasteiger charge is -2.11. The van der Waals surface area contributed by atoms with Crippen LogP contribution in [-0.2, 0) is 4.79 Å². The number of nitrogens with zero attached hydrogens (tertiary/aromatic N) is 2. The molecule has 0 fully saturated rings. The number of carbonyl (C=O) groups is 1. The molecular formula is C20H16ClN3O2S. The second-order valence-corrected chi connectivity index (χ2v) is 7.23. The first-order valence-corrected chi connectivity index (χ1v) is 9.44. The van der Waals surface area contributed by atoms with Crippen LogP contribution in [0.15, 0.2) is 47.5 Å². The maximum atomic E-state index is 12.3. The normalized spacial score (nSPS) is 10.4. The highest BCUT2D eigenvalue weighted by Gasteiger charge is 2.12. The number of aromatic nitrogens is 1. The third kappa shape index (κ3) is 4.51. The number of thioether (sulfide) groups is 1. The number of halogens is 1. The molecule has 0 aliphatic carbocycles. The summed E-state index contributed by atoms with van der Waals surface area (Å²) in [6, 6.07) is 14.8. The van der Waals surface area contributed by atoms with Gasteiger partial charge in [0, 0.05) is 10.4 Å². The molecule has 0 unspecified atom stereocenters. The fourth-order valence-corrected chi connectivity index (χ4v) is 3.48. The van der Waals surface area contributed by atoms with Gasteiger partial charge >= 0.3 is 0 Å². The summed E-state index contributed by atoms with van der Waals surface area (Å²) >= 11 is 7.20. The number of amides is 1. The Labute approximate surface area is 166 Å². The molecule has 0 bridgehead atoms. The van der Waals surface area contributed by atoms with E-state index in [1.807, 2.05) is 25.1 Å². The summed E-state index contributed by atoms with van der Waals surface area (Å²) in [7, 11) is 1.52. The molecule has 0 atom stereocenters. The standard InChI is InChI=1S/C20H16ClN3O2S/c1-12-3-4-13-8-14(10-22)20(24-16(13)7-12)27-11-19(25)23-17-9-15(21)5-6-18(17)26-2/h3-9H,11H2,1-2H3,(H,23,25). The van der Waals surface area contributed by atoms with E-state index >= 15 is 0 Å². The molecule has 1 N–H and O–H groups in total. The van der Waals surface area contributed by atoms with Crippen LogP contribution in [0.5, 0.6) is 5.75 Å². The molecule has 0 saturated heterocycles. The maximum Gasteiger partial charge on any atom is 0.234 e. The Kier molecular flexibility index (Phi) is 5.84. The minimum atomic E-state index is -0.240. The molecule has 1 amide bonds. The lowest BCUT2D eigenvalue weighted by atomic mass is 10.1. The number of methoxy groups -OCH3 is 1. The van der Waals surface area contributed by atoms with Gasteiger partial charge in [0.15, 0.2) is 0 Å². The Morgan fingerprint density at radius 2 is 2.11 bits per heavy atom. The van der Waals surface area contributed by atoms with E-state index in [9.17, 15) is 10.1 Å². The number of fused-ring (bicyclic) bond motifs is 1. The number of aryl methyl sites for hydroxylation is 1. The Morgan fingerprint density at radius 3 is 2.85 bits per heavy atom. The number of benzene rings is 2. The minimum absolute atomic E-state index is 0.106. The molecular weight excluding hydrogens is 382 g/mol. The summed E-state index contributed by atoms with van der Waals surface area (Å²) in [5, 5.41) is 14.1. The van der Waals surface area contributed by atoms with Crippen molar-refractivity contribution in [3.63, 3.8) is 0 Å². The van der Waals surface area contributed by atoms with Crippen LogP contribution in [0.3, 0.4) is 0 Å². The summed E-state index contributed by atoms with van der Waals surface area (Å²) in [6.45, 7) is 1.98. The van der Waals surface area contributed by atoms with E-state index in [1.165, 1.54) is 18.9 Å². The van der Waals surface area contributed by atoms with Crippen molar-refractivity contribution in [2.24, 2.45) is 0 Å². The van der Waals surface area contributed by atoms with Gasteiger partial charge in [-0.15, -0.1) is 0 Å². The lowest BCUT2D eigenvalue weighted by Crippen LogP contribution is -2.15. The van der Waals surface area contributed by atoms with Crippen LogP contribution in [0.25, 0.3) is 10.9 Å². The molecule has 3 rings (SSSR count). The van der Waals surface area contributed by atoms with Crippen molar-refractivity contribution in [2.45, 2.75) is 11.9 Å². The molecule has 27 heavy (non-hydrogen) atoms. The number of carbonyl (C=O) groups excluding carboxylic acids is 1. The average molecular weight is 398 g/mol. The zero-order valence-corrected chi connectivity index (χ0v) is 16.3. The monoisotopic (exact) mass is 397 g/mol. The van der Waals surface area contributed by atoms with Crippen molar-refractivity contribution in [2.75, 3.05) is 18.2 Å². The van der Waals surface area contributed by atoms with Gasteiger partial charge in [0.05, 0.1) is 29.6 Å². The van der Waals surface area contributed by atoms with E-state index < -0.39 is 0 Å². The second-order valence-electron chi connectivity index (χ2n) is 5.83. The van der Waals surface area contributed by atoms with Crippen molar-refractivity contribution in [3.05, 3.63) is 58.6 Å². The van der Waals surface area contributed by atoms with Crippen LogP contribution < -0.4 is 10.1 Å². The van der Waals surface area contributed by atoms with E-state index in [2.05, 4.69) is 16.4 Å². The van der Waals surface area contributed by atoms with Crippen LogP contribution in [0, 0.1) is 18.3 Å². The summed E-state index contributed by atoms with van der Waals surface area (Å²) < 4.78 is 5.22. The van der Waals surface area contributed by atoms with Gasteiger partial charge in [-0.25, -0.2) is 4.98 Å². The number of hydrogen-bond acceptors (Lipinski definition) is 5. The SMILES string of the molecule is COc1ccc(Cl)cc1NC(=O)CSc1nc2cc(C)ccc2cc1C#N. The third-order valence-electron chi connectivity index (χ3n) is 3.83. The Morgan fingerprint density at radius 1 is 1.30 bits per heavy atom. The van der Waals surface area contributed by atoms with Gasteiger partial charge in [-0.05, 0) is 42.8 Å². The molecule has 0 saturated carbocycles. The Hall–Kier alpha value is -2.75. The third-order valence-corrected chi connectivity index (χ3v) is 5.06. The molecule has 0 aliphatic heterocycles. The van der Waals surface area contributed by atoms with E-state index in [1.54, 1.807) is 24.3 Å². The van der Waals surface area contributed by atoms with Gasteiger partial charge in [0.25, 0.3) is 0 Å². The summed E-state index contributed by atoms with van der Waals surface area (Å²) in [5.74, 6) is 0.389. The topological polar surface area (TPSA) is 75.0 Å². The summed E-state index contributed by atoms with van der Waals surface area (Å²) in [4.78, 5) is 16.9. The first kappa shape index (κ1) is 19.0. The first-order valence-electron chi connectivity index (χ1n) is 8.08. The van der Waals surface area contributed by atoms with Gasteiger partial charge in [-0.1, -0.05) is 35.5 Å². The van der Waals surface area contributed by atoms with Crippen molar-refractivity contribution < 1.29 is 9.53 Å². The molecule has 7 heteroatoms. The maximum absolute atomic E-state index is 12.3. The average Bonchev–Trinajstić information content (AvgIpc) is 2.65. The quantitative estimate of drug-likeness (QED) is 0.625. The largest absolute Gasteiger partial charge is 0.495 e. The number of nitrogens with one attached hydrogen (secondary N) is 1. The van der Waals surface area contributed by atoms with Gasteiger partial charge in [0.1, 0.15) is 16.8 Å². The Bertz CT molecular complexity index is 1060. The number of anilines is 1. The fraction of sp³-hybridized carbons (Fsp3) is 0.150.